The van der Waals surface area contributed by atoms with Crippen LogP contribution in [0.2, 0.25) is 0 Å². The normalized spacial score (nSPS) is 12.7. The molecule has 1 unspecified atom stereocenters. The van der Waals surface area contributed by atoms with Crippen LogP contribution in [0.1, 0.15) is 39.7 Å². The highest BCUT2D eigenvalue weighted by molar-refractivity contribution is 7.11. The van der Waals surface area contributed by atoms with Gasteiger partial charge in [0.15, 0.2) is 0 Å². The molecule has 2 aromatic rings. The Morgan fingerprint density at radius 2 is 2.00 bits per heavy atom. The minimum Gasteiger partial charge on any atom is -0.323 e. The fourth-order valence-corrected chi connectivity index (χ4v) is 2.98. The van der Waals surface area contributed by atoms with E-state index in [9.17, 15) is 0 Å². The van der Waals surface area contributed by atoms with Gasteiger partial charge in [0.2, 0.25) is 0 Å². The predicted octanol–water partition coefficient (Wildman–Crippen LogP) is 3.37. The van der Waals surface area contributed by atoms with Gasteiger partial charge in [0.05, 0.1) is 10.7 Å². The first kappa shape index (κ1) is 12.3. The Bertz CT molecular complexity index is 515. The summed E-state index contributed by atoms with van der Waals surface area (Å²) in [4.78, 5) is 5.81. The van der Waals surface area contributed by atoms with E-state index in [1.165, 1.54) is 16.0 Å². The lowest BCUT2D eigenvalue weighted by molar-refractivity contribution is 0.825. The Morgan fingerprint density at radius 3 is 2.59 bits per heavy atom. The van der Waals surface area contributed by atoms with E-state index in [2.05, 4.69) is 36.2 Å². The van der Waals surface area contributed by atoms with Crippen LogP contribution in [0.5, 0.6) is 0 Å². The summed E-state index contributed by atoms with van der Waals surface area (Å²) in [7, 11) is 0. The Labute approximate surface area is 107 Å². The van der Waals surface area contributed by atoms with Crippen LogP contribution < -0.4 is 5.73 Å². The minimum absolute atomic E-state index is 0.0816. The first-order chi connectivity index (χ1) is 8.08. The van der Waals surface area contributed by atoms with Crippen LogP contribution in [0.4, 0.5) is 0 Å². The molecule has 0 fully saturated rings. The van der Waals surface area contributed by atoms with Crippen molar-refractivity contribution in [3.63, 3.8) is 0 Å². The van der Waals surface area contributed by atoms with E-state index in [1.54, 1.807) is 11.3 Å². The molecule has 3 heteroatoms. The molecule has 1 heterocycles. The number of aromatic nitrogens is 1. The first-order valence-corrected chi connectivity index (χ1v) is 6.66. The minimum atomic E-state index is 0.0816. The largest absolute Gasteiger partial charge is 0.323 e. The Balaban J connectivity index is 2.25. The van der Waals surface area contributed by atoms with Crippen molar-refractivity contribution in [3.05, 3.63) is 51.0 Å². The van der Waals surface area contributed by atoms with Crippen LogP contribution in [0.3, 0.4) is 0 Å². The average Bonchev–Trinajstić information content (AvgIpc) is 2.63. The molecule has 2 nitrogen and oxygen atoms in total. The molecule has 0 radical (unpaired) electrons. The number of aryl methyl sites for hydroxylation is 2. The van der Waals surface area contributed by atoms with Crippen molar-refractivity contribution in [2.24, 2.45) is 5.73 Å². The molecular weight excluding hydrogens is 228 g/mol. The van der Waals surface area contributed by atoms with Gasteiger partial charge in [-0.15, -0.1) is 11.3 Å². The first-order valence-electron chi connectivity index (χ1n) is 5.84. The second-order valence-corrected chi connectivity index (χ2v) is 5.56. The van der Waals surface area contributed by atoms with E-state index >= 15 is 0 Å². The summed E-state index contributed by atoms with van der Waals surface area (Å²) in [6.07, 6.45) is 0.908. The maximum Gasteiger partial charge on any atom is 0.0975 e. The van der Waals surface area contributed by atoms with E-state index in [0.717, 1.165) is 17.1 Å². The van der Waals surface area contributed by atoms with Gasteiger partial charge in [0.25, 0.3) is 0 Å². The van der Waals surface area contributed by atoms with E-state index in [4.69, 9.17) is 5.73 Å². The Kier molecular flexibility index (Phi) is 3.60. The molecule has 1 aromatic heterocycles. The van der Waals surface area contributed by atoms with Gasteiger partial charge in [0.1, 0.15) is 0 Å². The van der Waals surface area contributed by atoms with Gasteiger partial charge >= 0.3 is 0 Å². The third-order valence-electron chi connectivity index (χ3n) is 2.89. The smallest absolute Gasteiger partial charge is 0.0975 e. The second-order valence-electron chi connectivity index (χ2n) is 4.45. The molecule has 0 aliphatic rings. The molecule has 0 aliphatic carbocycles. The molecule has 1 aromatic carbocycles. The molecule has 0 bridgehead atoms. The number of nitrogens with two attached hydrogens (primary N) is 1. The highest BCUT2D eigenvalue weighted by Crippen LogP contribution is 2.25. The molecule has 17 heavy (non-hydrogen) atoms. The predicted molar refractivity (Wildman–Crippen MR) is 73.4 cm³/mol. The van der Waals surface area contributed by atoms with Gasteiger partial charge in [-0.3, -0.25) is 0 Å². The van der Waals surface area contributed by atoms with Gasteiger partial charge in [0, 0.05) is 17.3 Å². The van der Waals surface area contributed by atoms with Gasteiger partial charge in [-0.05, 0) is 31.9 Å². The van der Waals surface area contributed by atoms with Crippen LogP contribution in [-0.2, 0) is 6.42 Å². The van der Waals surface area contributed by atoms with Gasteiger partial charge in [-0.1, -0.05) is 24.3 Å². The maximum atomic E-state index is 5.92. The molecule has 0 saturated carbocycles. The number of nitrogens with zero attached hydrogens (tertiary/aromatic N) is 1. The lowest BCUT2D eigenvalue weighted by Gasteiger charge is -2.02. The van der Waals surface area contributed by atoms with Gasteiger partial charge < -0.3 is 5.73 Å². The number of thiazole rings is 1. The Morgan fingerprint density at radius 1 is 1.29 bits per heavy atom. The average molecular weight is 246 g/mol. The van der Waals surface area contributed by atoms with Crippen molar-refractivity contribution >= 4 is 11.3 Å². The second kappa shape index (κ2) is 4.98. The number of hydrogen-bond acceptors (Lipinski definition) is 3. The number of rotatable bonds is 3. The SMILES string of the molecule is Cc1ccccc1Cc1nc(C)c(C(C)N)s1. The summed E-state index contributed by atoms with van der Waals surface area (Å²) >= 11 is 1.74. The van der Waals surface area contributed by atoms with E-state index in [1.807, 2.05) is 13.8 Å². The molecule has 1 atom stereocenters. The summed E-state index contributed by atoms with van der Waals surface area (Å²) in [5, 5.41) is 1.16. The topological polar surface area (TPSA) is 38.9 Å². The molecule has 0 spiro atoms. The van der Waals surface area contributed by atoms with Crippen molar-refractivity contribution < 1.29 is 0 Å². The number of benzene rings is 1. The zero-order valence-corrected chi connectivity index (χ0v) is 11.3. The summed E-state index contributed by atoms with van der Waals surface area (Å²) < 4.78 is 0. The molecule has 0 aliphatic heterocycles. The van der Waals surface area contributed by atoms with Crippen molar-refractivity contribution in [2.45, 2.75) is 33.2 Å². The molecule has 90 valence electrons. The highest BCUT2D eigenvalue weighted by atomic mass is 32.1. The van der Waals surface area contributed by atoms with Crippen LogP contribution in [0.25, 0.3) is 0 Å². The quantitative estimate of drug-likeness (QED) is 0.901. The van der Waals surface area contributed by atoms with Crippen molar-refractivity contribution in [1.82, 2.24) is 4.98 Å². The maximum absolute atomic E-state index is 5.92. The van der Waals surface area contributed by atoms with Crippen molar-refractivity contribution in [2.75, 3.05) is 0 Å². The molecular formula is C14H18N2S. The standard InChI is InChI=1S/C14H18N2S/c1-9-6-4-5-7-12(9)8-13-16-11(3)14(17-13)10(2)15/h4-7,10H,8,15H2,1-3H3. The lowest BCUT2D eigenvalue weighted by atomic mass is 10.1. The Hall–Kier alpha value is -1.19. The summed E-state index contributed by atoms with van der Waals surface area (Å²) in [5.74, 6) is 0. The molecule has 0 saturated heterocycles. The highest BCUT2D eigenvalue weighted by Gasteiger charge is 2.11. The summed E-state index contributed by atoms with van der Waals surface area (Å²) in [6, 6.07) is 8.53. The van der Waals surface area contributed by atoms with E-state index in [0.29, 0.717) is 0 Å². The lowest BCUT2D eigenvalue weighted by Crippen LogP contribution is -2.03. The van der Waals surface area contributed by atoms with Crippen LogP contribution in [0, 0.1) is 13.8 Å². The van der Waals surface area contributed by atoms with Crippen LogP contribution in [0.15, 0.2) is 24.3 Å². The van der Waals surface area contributed by atoms with Gasteiger partial charge in [-0.2, -0.15) is 0 Å². The fraction of sp³-hybridized carbons (Fsp3) is 0.357. The fourth-order valence-electron chi connectivity index (χ4n) is 1.94. The third kappa shape index (κ3) is 2.73. The van der Waals surface area contributed by atoms with Gasteiger partial charge in [-0.25, -0.2) is 4.98 Å². The van der Waals surface area contributed by atoms with Crippen LogP contribution >= 0.6 is 11.3 Å². The molecule has 2 N–H and O–H groups in total. The van der Waals surface area contributed by atoms with Crippen LogP contribution in [-0.4, -0.2) is 4.98 Å². The van der Waals surface area contributed by atoms with E-state index in [-0.39, 0.29) is 6.04 Å². The van der Waals surface area contributed by atoms with Crippen molar-refractivity contribution in [1.29, 1.82) is 0 Å². The molecule has 0 amide bonds. The summed E-state index contributed by atoms with van der Waals surface area (Å²) in [5.41, 5.74) is 9.67. The van der Waals surface area contributed by atoms with E-state index < -0.39 is 0 Å². The zero-order chi connectivity index (χ0) is 12.4. The summed E-state index contributed by atoms with van der Waals surface area (Å²) in [6.45, 7) is 6.19. The monoisotopic (exact) mass is 246 g/mol. The third-order valence-corrected chi connectivity index (χ3v) is 4.25. The zero-order valence-electron chi connectivity index (χ0n) is 10.5. The van der Waals surface area contributed by atoms with Crippen molar-refractivity contribution in [3.8, 4) is 0 Å². The molecule has 2 rings (SSSR count). The number of hydrogen-bond donors (Lipinski definition) is 1.